The third-order valence-corrected chi connectivity index (χ3v) is 7.24. The molecule has 1 atom stereocenters. The van der Waals surface area contributed by atoms with Crippen LogP contribution in [0.25, 0.3) is 0 Å². The van der Waals surface area contributed by atoms with Gasteiger partial charge in [-0.05, 0) is 48.4 Å². The van der Waals surface area contributed by atoms with E-state index in [-0.39, 0.29) is 17.5 Å². The molecule has 20 heavy (non-hydrogen) atoms. The van der Waals surface area contributed by atoms with Crippen molar-refractivity contribution in [3.05, 3.63) is 14.7 Å². The highest BCUT2D eigenvalue weighted by Gasteiger charge is 2.24. The normalized spacial score (nSPS) is 21.2. The molecule has 5 nitrogen and oxygen atoms in total. The zero-order chi connectivity index (χ0) is 14.8. The molecule has 0 radical (unpaired) electrons. The minimum absolute atomic E-state index is 0.149. The van der Waals surface area contributed by atoms with Crippen LogP contribution in [0.3, 0.4) is 0 Å². The topological polar surface area (TPSA) is 69.6 Å². The van der Waals surface area contributed by atoms with Crippen LogP contribution >= 0.6 is 27.3 Å². The summed E-state index contributed by atoms with van der Waals surface area (Å²) < 4.78 is 27.8. The summed E-state index contributed by atoms with van der Waals surface area (Å²) in [6, 6.07) is 1.77. The number of hydrogen-bond acceptors (Lipinski definition) is 5. The number of aliphatic hydroxyl groups is 1. The van der Waals surface area contributed by atoms with Crippen molar-refractivity contribution in [1.82, 2.24) is 9.62 Å². The molecule has 1 fully saturated rings. The summed E-state index contributed by atoms with van der Waals surface area (Å²) in [5.74, 6) is 0. The second kappa shape index (κ2) is 6.85. The number of piperidine rings is 1. The molecule has 1 aromatic rings. The highest BCUT2D eigenvalue weighted by Crippen LogP contribution is 2.31. The van der Waals surface area contributed by atoms with E-state index in [2.05, 4.69) is 25.6 Å². The maximum Gasteiger partial charge on any atom is 0.242 e. The molecule has 1 aliphatic heterocycles. The van der Waals surface area contributed by atoms with Crippen molar-refractivity contribution >= 4 is 37.3 Å². The van der Waals surface area contributed by atoms with Crippen LogP contribution in [0.1, 0.15) is 24.1 Å². The quantitative estimate of drug-likeness (QED) is 0.813. The van der Waals surface area contributed by atoms with E-state index in [1.165, 1.54) is 23.8 Å². The van der Waals surface area contributed by atoms with E-state index in [1.54, 1.807) is 0 Å². The molecule has 0 amide bonds. The molecule has 8 heteroatoms. The minimum atomic E-state index is -3.53. The predicted molar refractivity (Wildman–Crippen MR) is 83.4 cm³/mol. The van der Waals surface area contributed by atoms with Crippen molar-refractivity contribution < 1.29 is 13.5 Å². The molecule has 0 bridgehead atoms. The van der Waals surface area contributed by atoms with Gasteiger partial charge in [0.25, 0.3) is 0 Å². The van der Waals surface area contributed by atoms with Crippen LogP contribution in [0, 0.1) is 0 Å². The maximum atomic E-state index is 12.3. The summed E-state index contributed by atoms with van der Waals surface area (Å²) in [4.78, 5) is 3.05. The van der Waals surface area contributed by atoms with Crippen molar-refractivity contribution in [2.75, 3.05) is 20.1 Å². The van der Waals surface area contributed by atoms with E-state index in [0.29, 0.717) is 15.2 Å². The van der Waals surface area contributed by atoms with Gasteiger partial charge in [0.05, 0.1) is 10.4 Å². The predicted octanol–water partition coefficient (Wildman–Crippen LogP) is 1.77. The summed E-state index contributed by atoms with van der Waals surface area (Å²) in [5, 5.41) is 9.08. The Labute approximate surface area is 132 Å². The lowest BCUT2D eigenvalue weighted by molar-refractivity contribution is 0.187. The summed E-state index contributed by atoms with van der Waals surface area (Å²) in [7, 11) is -1.50. The van der Waals surface area contributed by atoms with Crippen LogP contribution < -0.4 is 4.72 Å². The molecule has 0 saturated carbocycles. The Bertz CT molecular complexity index is 559. The average Bonchev–Trinajstić information content (AvgIpc) is 2.80. The van der Waals surface area contributed by atoms with E-state index < -0.39 is 10.0 Å². The van der Waals surface area contributed by atoms with Gasteiger partial charge in [-0.2, -0.15) is 0 Å². The Kier molecular flexibility index (Phi) is 5.61. The lowest BCUT2D eigenvalue weighted by Gasteiger charge is -2.32. The fourth-order valence-corrected chi connectivity index (χ4v) is 5.96. The van der Waals surface area contributed by atoms with Crippen LogP contribution in [0.5, 0.6) is 0 Å². The van der Waals surface area contributed by atoms with Crippen molar-refractivity contribution in [3.63, 3.8) is 0 Å². The number of aliphatic hydroxyl groups excluding tert-OH is 1. The van der Waals surface area contributed by atoms with Crippen molar-refractivity contribution in [2.45, 2.75) is 36.8 Å². The van der Waals surface area contributed by atoms with Gasteiger partial charge in [0.2, 0.25) is 10.0 Å². The van der Waals surface area contributed by atoms with Crippen LogP contribution in [0.4, 0.5) is 0 Å². The van der Waals surface area contributed by atoms with Crippen molar-refractivity contribution in [2.24, 2.45) is 0 Å². The zero-order valence-corrected chi connectivity index (χ0v) is 14.5. The molecule has 2 N–H and O–H groups in total. The van der Waals surface area contributed by atoms with Gasteiger partial charge in [0, 0.05) is 17.5 Å². The third-order valence-electron chi connectivity index (χ3n) is 3.58. The van der Waals surface area contributed by atoms with Crippen molar-refractivity contribution in [3.8, 4) is 0 Å². The highest BCUT2D eigenvalue weighted by atomic mass is 79.9. The van der Waals surface area contributed by atoms with E-state index in [1.807, 2.05) is 7.05 Å². The average molecular weight is 383 g/mol. The number of rotatable bonds is 5. The molecular weight excluding hydrogens is 364 g/mol. The SMILES string of the molecule is CN1CCCCC1CNS(=O)(=O)c1cc(CO)sc1Br. The first-order valence-electron chi connectivity index (χ1n) is 6.53. The van der Waals surface area contributed by atoms with E-state index in [4.69, 9.17) is 5.11 Å². The van der Waals surface area contributed by atoms with Gasteiger partial charge in [0.15, 0.2) is 0 Å². The number of nitrogens with one attached hydrogen (secondary N) is 1. The van der Waals surface area contributed by atoms with Crippen LogP contribution in [-0.2, 0) is 16.6 Å². The Balaban J connectivity index is 2.05. The molecular formula is C12H19BrN2O3S2. The number of likely N-dealkylation sites (tertiary alicyclic amines) is 1. The first kappa shape index (κ1) is 16.4. The number of hydrogen-bond donors (Lipinski definition) is 2. The third kappa shape index (κ3) is 3.80. The molecule has 114 valence electrons. The number of nitrogens with zero attached hydrogens (tertiary/aromatic N) is 1. The van der Waals surface area contributed by atoms with E-state index in [0.717, 1.165) is 19.4 Å². The number of halogens is 1. The Morgan fingerprint density at radius 2 is 2.30 bits per heavy atom. The number of likely N-dealkylation sites (N-methyl/N-ethyl adjacent to an activating group) is 1. The largest absolute Gasteiger partial charge is 0.391 e. The first-order chi connectivity index (χ1) is 9.44. The van der Waals surface area contributed by atoms with E-state index >= 15 is 0 Å². The fraction of sp³-hybridized carbons (Fsp3) is 0.667. The molecule has 0 aromatic carbocycles. The number of sulfonamides is 1. The van der Waals surface area contributed by atoms with Gasteiger partial charge in [0.1, 0.15) is 4.90 Å². The molecule has 1 unspecified atom stereocenters. The molecule has 0 spiro atoms. The zero-order valence-electron chi connectivity index (χ0n) is 11.3. The van der Waals surface area contributed by atoms with Crippen molar-refractivity contribution in [1.29, 1.82) is 0 Å². The summed E-state index contributed by atoms with van der Waals surface area (Å²) in [5.41, 5.74) is 0. The number of thiophene rings is 1. The lowest BCUT2D eigenvalue weighted by Crippen LogP contribution is -2.44. The molecule has 2 rings (SSSR count). The second-order valence-corrected chi connectivity index (χ2v) is 9.18. The van der Waals surface area contributed by atoms with Crippen LogP contribution in [0.2, 0.25) is 0 Å². The molecule has 1 saturated heterocycles. The lowest BCUT2D eigenvalue weighted by atomic mass is 10.0. The Hall–Kier alpha value is 0.01000. The second-order valence-electron chi connectivity index (χ2n) is 4.99. The van der Waals surface area contributed by atoms with Gasteiger partial charge < -0.3 is 10.0 Å². The Morgan fingerprint density at radius 1 is 1.55 bits per heavy atom. The maximum absolute atomic E-state index is 12.3. The minimum Gasteiger partial charge on any atom is -0.391 e. The molecule has 1 aliphatic rings. The monoisotopic (exact) mass is 382 g/mol. The Morgan fingerprint density at radius 3 is 2.90 bits per heavy atom. The highest BCUT2D eigenvalue weighted by molar-refractivity contribution is 9.11. The van der Waals surface area contributed by atoms with Crippen LogP contribution in [-0.4, -0.2) is 44.6 Å². The smallest absolute Gasteiger partial charge is 0.242 e. The molecule has 2 heterocycles. The molecule has 1 aromatic heterocycles. The standard InChI is InChI=1S/C12H19BrN2O3S2/c1-15-5-3-2-4-9(15)7-14-20(17,18)11-6-10(8-16)19-12(11)13/h6,9,14,16H,2-5,7-8H2,1H3. The summed E-state index contributed by atoms with van der Waals surface area (Å²) in [6.45, 7) is 1.29. The first-order valence-corrected chi connectivity index (χ1v) is 9.62. The fourth-order valence-electron chi connectivity index (χ4n) is 2.34. The molecule has 0 aliphatic carbocycles. The summed E-state index contributed by atoms with van der Waals surface area (Å²) >= 11 is 4.49. The van der Waals surface area contributed by atoms with Gasteiger partial charge in [-0.1, -0.05) is 6.42 Å². The summed E-state index contributed by atoms with van der Waals surface area (Å²) in [6.07, 6.45) is 3.34. The van der Waals surface area contributed by atoms with Gasteiger partial charge in [-0.25, -0.2) is 13.1 Å². The van der Waals surface area contributed by atoms with E-state index in [9.17, 15) is 8.42 Å². The van der Waals surface area contributed by atoms with Gasteiger partial charge in [-0.3, -0.25) is 0 Å². The van der Waals surface area contributed by atoms with Gasteiger partial charge >= 0.3 is 0 Å². The van der Waals surface area contributed by atoms with Gasteiger partial charge in [-0.15, -0.1) is 11.3 Å². The van der Waals surface area contributed by atoms with Crippen LogP contribution in [0.15, 0.2) is 14.7 Å².